The van der Waals surface area contributed by atoms with Crippen molar-refractivity contribution in [2.45, 2.75) is 12.8 Å². The lowest BCUT2D eigenvalue weighted by Crippen LogP contribution is -2.16. The van der Waals surface area contributed by atoms with E-state index in [1.807, 2.05) is 24.3 Å². The van der Waals surface area contributed by atoms with Crippen molar-refractivity contribution in [3.05, 3.63) is 41.5 Å². The zero-order valence-corrected chi connectivity index (χ0v) is 8.57. The maximum Gasteiger partial charge on any atom is 0.188 e. The van der Waals surface area contributed by atoms with E-state index in [-0.39, 0.29) is 5.78 Å². The standard InChI is InChI=1S/C13H13NO/c15-13-9-12(14-7-3-4-8-14)10-5-1-2-6-11(10)13/h1-2,5-6,9H,3-4,7-8H2. The molecule has 3 rings (SSSR count). The van der Waals surface area contributed by atoms with Gasteiger partial charge in [-0.05, 0) is 12.8 Å². The number of ketones is 1. The molecule has 0 spiro atoms. The maximum absolute atomic E-state index is 11.7. The van der Waals surface area contributed by atoms with Crippen LogP contribution in [0, 0.1) is 0 Å². The summed E-state index contributed by atoms with van der Waals surface area (Å²) in [6, 6.07) is 7.89. The number of hydrogen-bond donors (Lipinski definition) is 0. The summed E-state index contributed by atoms with van der Waals surface area (Å²) in [6.07, 6.45) is 4.28. The van der Waals surface area contributed by atoms with Gasteiger partial charge in [-0.15, -0.1) is 0 Å². The highest BCUT2D eigenvalue weighted by Crippen LogP contribution is 2.31. The predicted molar refractivity (Wildman–Crippen MR) is 59.6 cm³/mol. The first-order valence-electron chi connectivity index (χ1n) is 5.46. The average Bonchev–Trinajstić information content (AvgIpc) is 2.87. The van der Waals surface area contributed by atoms with Gasteiger partial charge in [0.25, 0.3) is 0 Å². The van der Waals surface area contributed by atoms with Crippen LogP contribution in [0.3, 0.4) is 0 Å². The summed E-state index contributed by atoms with van der Waals surface area (Å²) in [7, 11) is 0. The second-order valence-corrected chi connectivity index (χ2v) is 4.13. The predicted octanol–water partition coefficient (Wildman–Crippen LogP) is 2.32. The van der Waals surface area contributed by atoms with Gasteiger partial charge in [-0.2, -0.15) is 0 Å². The summed E-state index contributed by atoms with van der Waals surface area (Å²) >= 11 is 0. The van der Waals surface area contributed by atoms with Crippen molar-refractivity contribution in [1.29, 1.82) is 0 Å². The Morgan fingerprint density at radius 3 is 2.40 bits per heavy atom. The van der Waals surface area contributed by atoms with Crippen molar-refractivity contribution in [3.8, 4) is 0 Å². The van der Waals surface area contributed by atoms with Gasteiger partial charge in [0.2, 0.25) is 0 Å². The van der Waals surface area contributed by atoms with E-state index in [9.17, 15) is 4.79 Å². The van der Waals surface area contributed by atoms with Gasteiger partial charge in [0.05, 0.1) is 0 Å². The molecule has 0 aromatic heterocycles. The Morgan fingerprint density at radius 2 is 1.67 bits per heavy atom. The molecule has 1 saturated heterocycles. The van der Waals surface area contributed by atoms with Gasteiger partial charge in [0.15, 0.2) is 5.78 Å². The number of rotatable bonds is 1. The highest BCUT2D eigenvalue weighted by Gasteiger charge is 2.25. The van der Waals surface area contributed by atoms with E-state index in [0.717, 1.165) is 29.9 Å². The quantitative estimate of drug-likeness (QED) is 0.691. The molecule has 1 aromatic carbocycles. The second kappa shape index (κ2) is 3.23. The smallest absolute Gasteiger partial charge is 0.188 e. The molecule has 1 fully saturated rings. The molecule has 2 nitrogen and oxygen atoms in total. The third kappa shape index (κ3) is 1.29. The Morgan fingerprint density at radius 1 is 1.00 bits per heavy atom. The van der Waals surface area contributed by atoms with E-state index >= 15 is 0 Å². The molecule has 1 heterocycles. The molecule has 15 heavy (non-hydrogen) atoms. The maximum atomic E-state index is 11.7. The van der Waals surface area contributed by atoms with Crippen molar-refractivity contribution < 1.29 is 4.79 Å². The van der Waals surface area contributed by atoms with Crippen LogP contribution in [0.25, 0.3) is 5.70 Å². The first-order valence-corrected chi connectivity index (χ1v) is 5.46. The molecule has 2 aliphatic rings. The van der Waals surface area contributed by atoms with Crippen LogP contribution in [-0.2, 0) is 0 Å². The van der Waals surface area contributed by atoms with Crippen molar-refractivity contribution in [2.24, 2.45) is 0 Å². The van der Waals surface area contributed by atoms with Gasteiger partial charge >= 0.3 is 0 Å². The van der Waals surface area contributed by atoms with Gasteiger partial charge < -0.3 is 4.90 Å². The number of carbonyl (C=O) groups excluding carboxylic acids is 1. The zero-order chi connectivity index (χ0) is 10.3. The third-order valence-electron chi connectivity index (χ3n) is 3.18. The van der Waals surface area contributed by atoms with Crippen LogP contribution in [0.15, 0.2) is 30.3 Å². The number of nitrogens with zero attached hydrogens (tertiary/aromatic N) is 1. The first kappa shape index (κ1) is 8.72. The lowest BCUT2D eigenvalue weighted by Gasteiger charge is -2.19. The van der Waals surface area contributed by atoms with Crippen LogP contribution >= 0.6 is 0 Å². The van der Waals surface area contributed by atoms with E-state index < -0.39 is 0 Å². The summed E-state index contributed by atoms with van der Waals surface area (Å²) in [6.45, 7) is 2.18. The van der Waals surface area contributed by atoms with Gasteiger partial charge in [-0.1, -0.05) is 24.3 Å². The molecule has 1 aliphatic carbocycles. The van der Waals surface area contributed by atoms with Crippen LogP contribution in [-0.4, -0.2) is 23.8 Å². The number of fused-ring (bicyclic) bond motifs is 1. The fourth-order valence-corrected chi connectivity index (χ4v) is 2.42. The van der Waals surface area contributed by atoms with Crippen LogP contribution in [0.2, 0.25) is 0 Å². The highest BCUT2D eigenvalue weighted by molar-refractivity contribution is 6.16. The SMILES string of the molecule is O=C1C=C(N2CCCC2)c2ccccc21. The lowest BCUT2D eigenvalue weighted by molar-refractivity contribution is 0.104. The Labute approximate surface area is 89.2 Å². The molecule has 0 atom stereocenters. The minimum Gasteiger partial charge on any atom is -0.371 e. The number of hydrogen-bond acceptors (Lipinski definition) is 2. The zero-order valence-electron chi connectivity index (χ0n) is 8.57. The van der Waals surface area contributed by atoms with Crippen LogP contribution in [0.5, 0.6) is 0 Å². The molecule has 0 unspecified atom stereocenters. The highest BCUT2D eigenvalue weighted by atomic mass is 16.1. The summed E-state index contributed by atoms with van der Waals surface area (Å²) in [5, 5.41) is 0. The van der Waals surface area contributed by atoms with Gasteiger partial charge in [-0.3, -0.25) is 4.79 Å². The van der Waals surface area contributed by atoms with Crippen LogP contribution < -0.4 is 0 Å². The molecule has 0 amide bonds. The van der Waals surface area contributed by atoms with Gasteiger partial charge in [0.1, 0.15) is 0 Å². The minimum absolute atomic E-state index is 0.160. The fourth-order valence-electron chi connectivity index (χ4n) is 2.42. The minimum atomic E-state index is 0.160. The van der Waals surface area contributed by atoms with Crippen molar-refractivity contribution in [1.82, 2.24) is 4.90 Å². The molecule has 76 valence electrons. The molecule has 0 saturated carbocycles. The fraction of sp³-hybridized carbons (Fsp3) is 0.308. The largest absolute Gasteiger partial charge is 0.371 e. The average molecular weight is 199 g/mol. The Bertz CT molecular complexity index is 442. The lowest BCUT2D eigenvalue weighted by atomic mass is 10.1. The number of allylic oxidation sites excluding steroid dienone is 1. The molecule has 2 heteroatoms. The normalized spacial score (nSPS) is 19.3. The topological polar surface area (TPSA) is 20.3 Å². The third-order valence-corrected chi connectivity index (χ3v) is 3.18. The number of likely N-dealkylation sites (tertiary alicyclic amines) is 1. The summed E-state index contributed by atoms with van der Waals surface area (Å²) < 4.78 is 0. The van der Waals surface area contributed by atoms with E-state index in [2.05, 4.69) is 4.90 Å². The van der Waals surface area contributed by atoms with E-state index in [1.165, 1.54) is 12.8 Å². The van der Waals surface area contributed by atoms with E-state index in [0.29, 0.717) is 0 Å². The first-order chi connectivity index (χ1) is 7.36. The molecule has 1 aromatic rings. The Balaban J connectivity index is 2.04. The van der Waals surface area contributed by atoms with Gasteiger partial charge in [-0.25, -0.2) is 0 Å². The number of benzene rings is 1. The second-order valence-electron chi connectivity index (χ2n) is 4.13. The monoisotopic (exact) mass is 199 g/mol. The summed E-state index contributed by atoms with van der Waals surface area (Å²) in [5.74, 6) is 0.160. The van der Waals surface area contributed by atoms with E-state index in [4.69, 9.17) is 0 Å². The van der Waals surface area contributed by atoms with Gasteiger partial charge in [0, 0.05) is 36.0 Å². The van der Waals surface area contributed by atoms with Crippen LogP contribution in [0.4, 0.5) is 0 Å². The molecule has 0 bridgehead atoms. The molecule has 0 radical (unpaired) electrons. The van der Waals surface area contributed by atoms with Crippen molar-refractivity contribution in [2.75, 3.05) is 13.1 Å². The Hall–Kier alpha value is -1.57. The van der Waals surface area contributed by atoms with Crippen LogP contribution in [0.1, 0.15) is 28.8 Å². The molecular formula is C13H13NO. The molecule has 1 aliphatic heterocycles. The van der Waals surface area contributed by atoms with E-state index in [1.54, 1.807) is 6.08 Å². The molecular weight excluding hydrogens is 186 g/mol. The summed E-state index contributed by atoms with van der Waals surface area (Å²) in [4.78, 5) is 14.1. The Kier molecular flexibility index (Phi) is 1.88. The van der Waals surface area contributed by atoms with Crippen molar-refractivity contribution >= 4 is 11.5 Å². The van der Waals surface area contributed by atoms with Crippen molar-refractivity contribution in [3.63, 3.8) is 0 Å². The molecule has 0 N–H and O–H groups in total. The summed E-state index contributed by atoms with van der Waals surface area (Å²) in [5.41, 5.74) is 3.11. The number of carbonyl (C=O) groups is 1.